The van der Waals surface area contributed by atoms with Crippen LogP contribution in [-0.4, -0.2) is 5.11 Å². The summed E-state index contributed by atoms with van der Waals surface area (Å²) in [6.45, 7) is 0. The molecule has 1 aliphatic rings. The number of rotatable bonds is 1. The molecular formula is C12H14F2O. The van der Waals surface area contributed by atoms with Gasteiger partial charge in [-0.3, -0.25) is 0 Å². The average molecular weight is 212 g/mol. The lowest BCUT2D eigenvalue weighted by atomic mass is 9.79. The van der Waals surface area contributed by atoms with Crippen molar-refractivity contribution in [3.8, 4) is 0 Å². The predicted octanol–water partition coefficient (Wildman–Crippen LogP) is 3.12. The van der Waals surface area contributed by atoms with E-state index in [-0.39, 0.29) is 5.56 Å². The molecular weight excluding hydrogens is 198 g/mol. The third kappa shape index (κ3) is 2.02. The molecule has 1 saturated carbocycles. The highest BCUT2D eigenvalue weighted by Crippen LogP contribution is 2.38. The molecule has 1 nitrogen and oxygen atoms in total. The van der Waals surface area contributed by atoms with Crippen molar-refractivity contribution in [3.63, 3.8) is 0 Å². The lowest BCUT2D eigenvalue weighted by molar-refractivity contribution is -0.00381. The molecule has 0 spiro atoms. The molecule has 1 fully saturated rings. The van der Waals surface area contributed by atoms with Crippen LogP contribution in [0.15, 0.2) is 18.2 Å². The van der Waals surface area contributed by atoms with Gasteiger partial charge < -0.3 is 5.11 Å². The fourth-order valence-electron chi connectivity index (χ4n) is 2.27. The Morgan fingerprint density at radius 2 is 1.73 bits per heavy atom. The fraction of sp³-hybridized carbons (Fsp3) is 0.500. The zero-order chi connectivity index (χ0) is 10.9. The van der Waals surface area contributed by atoms with Crippen molar-refractivity contribution < 1.29 is 13.9 Å². The Labute approximate surface area is 87.7 Å². The topological polar surface area (TPSA) is 20.2 Å². The quantitative estimate of drug-likeness (QED) is 0.758. The Balaban J connectivity index is 2.35. The molecule has 0 bridgehead atoms. The number of aliphatic hydroxyl groups is 1. The minimum Gasteiger partial charge on any atom is -0.385 e. The van der Waals surface area contributed by atoms with E-state index < -0.39 is 17.2 Å². The predicted molar refractivity (Wildman–Crippen MR) is 53.3 cm³/mol. The molecule has 1 aliphatic carbocycles. The first-order valence-corrected chi connectivity index (χ1v) is 5.30. The molecule has 1 aromatic rings. The summed E-state index contributed by atoms with van der Waals surface area (Å²) in [6.07, 6.45) is 4.00. The van der Waals surface area contributed by atoms with Gasteiger partial charge in [0.2, 0.25) is 0 Å². The molecule has 2 rings (SSSR count). The SMILES string of the molecule is OC1(c2ccc(F)cc2F)CCCCC1. The summed E-state index contributed by atoms with van der Waals surface area (Å²) in [7, 11) is 0. The number of benzene rings is 1. The van der Waals surface area contributed by atoms with Crippen LogP contribution in [0, 0.1) is 11.6 Å². The van der Waals surface area contributed by atoms with Gasteiger partial charge in [-0.25, -0.2) is 8.78 Å². The second kappa shape index (κ2) is 3.89. The van der Waals surface area contributed by atoms with E-state index in [0.717, 1.165) is 25.3 Å². The fourth-order valence-corrected chi connectivity index (χ4v) is 2.27. The molecule has 0 radical (unpaired) electrons. The van der Waals surface area contributed by atoms with Gasteiger partial charge in [-0.2, -0.15) is 0 Å². The van der Waals surface area contributed by atoms with Crippen molar-refractivity contribution in [1.82, 2.24) is 0 Å². The zero-order valence-electron chi connectivity index (χ0n) is 8.47. The summed E-state index contributed by atoms with van der Waals surface area (Å²) < 4.78 is 26.2. The number of halogens is 2. The maximum atomic E-state index is 13.5. The monoisotopic (exact) mass is 212 g/mol. The van der Waals surface area contributed by atoms with E-state index in [9.17, 15) is 13.9 Å². The standard InChI is InChI=1S/C12H14F2O/c13-9-4-5-10(11(14)8-9)12(15)6-2-1-3-7-12/h4-5,8,15H,1-3,6-7H2. The minimum absolute atomic E-state index is 0.239. The van der Waals surface area contributed by atoms with Crippen LogP contribution in [0.25, 0.3) is 0 Å². The molecule has 0 amide bonds. The summed E-state index contributed by atoms with van der Waals surface area (Å²) >= 11 is 0. The van der Waals surface area contributed by atoms with Crippen molar-refractivity contribution in [2.24, 2.45) is 0 Å². The van der Waals surface area contributed by atoms with Crippen molar-refractivity contribution in [2.75, 3.05) is 0 Å². The molecule has 0 aromatic heterocycles. The van der Waals surface area contributed by atoms with E-state index in [1.54, 1.807) is 0 Å². The Bertz CT molecular complexity index is 357. The second-order valence-corrected chi connectivity index (χ2v) is 4.22. The minimum atomic E-state index is -1.09. The van der Waals surface area contributed by atoms with Crippen molar-refractivity contribution in [2.45, 2.75) is 37.7 Å². The first-order valence-electron chi connectivity index (χ1n) is 5.30. The van der Waals surface area contributed by atoms with E-state index in [1.165, 1.54) is 12.1 Å². The van der Waals surface area contributed by atoms with Crippen LogP contribution in [-0.2, 0) is 5.60 Å². The van der Waals surface area contributed by atoms with Gasteiger partial charge in [0.1, 0.15) is 11.6 Å². The van der Waals surface area contributed by atoms with Crippen LogP contribution in [0.2, 0.25) is 0 Å². The van der Waals surface area contributed by atoms with Gasteiger partial charge >= 0.3 is 0 Å². The molecule has 3 heteroatoms. The highest BCUT2D eigenvalue weighted by molar-refractivity contribution is 5.25. The van der Waals surface area contributed by atoms with E-state index in [2.05, 4.69) is 0 Å². The molecule has 15 heavy (non-hydrogen) atoms. The van der Waals surface area contributed by atoms with Crippen LogP contribution in [0.4, 0.5) is 8.78 Å². The summed E-state index contributed by atoms with van der Waals surface area (Å²) in [5.41, 5.74) is -0.848. The molecule has 0 unspecified atom stereocenters. The molecule has 0 aliphatic heterocycles. The van der Waals surface area contributed by atoms with Crippen LogP contribution in [0.5, 0.6) is 0 Å². The van der Waals surface area contributed by atoms with Crippen molar-refractivity contribution in [1.29, 1.82) is 0 Å². The Morgan fingerprint density at radius 3 is 2.33 bits per heavy atom. The molecule has 0 heterocycles. The van der Waals surface area contributed by atoms with E-state index >= 15 is 0 Å². The van der Waals surface area contributed by atoms with Gasteiger partial charge in [0.05, 0.1) is 5.60 Å². The molecule has 1 aromatic carbocycles. The molecule has 1 N–H and O–H groups in total. The van der Waals surface area contributed by atoms with Gasteiger partial charge in [0, 0.05) is 11.6 Å². The lowest BCUT2D eigenvalue weighted by Crippen LogP contribution is -2.29. The molecule has 0 saturated heterocycles. The molecule has 0 atom stereocenters. The Hall–Kier alpha value is -0.960. The van der Waals surface area contributed by atoms with Crippen LogP contribution >= 0.6 is 0 Å². The zero-order valence-corrected chi connectivity index (χ0v) is 8.47. The summed E-state index contributed by atoms with van der Waals surface area (Å²) in [5, 5.41) is 10.3. The van der Waals surface area contributed by atoms with Crippen LogP contribution in [0.1, 0.15) is 37.7 Å². The smallest absolute Gasteiger partial charge is 0.132 e. The van der Waals surface area contributed by atoms with E-state index in [0.29, 0.717) is 12.8 Å². The molecule has 82 valence electrons. The maximum Gasteiger partial charge on any atom is 0.132 e. The van der Waals surface area contributed by atoms with Crippen molar-refractivity contribution >= 4 is 0 Å². The van der Waals surface area contributed by atoms with Gasteiger partial charge in [-0.05, 0) is 18.9 Å². The maximum absolute atomic E-state index is 13.5. The normalized spacial score (nSPS) is 20.2. The first kappa shape index (κ1) is 10.6. The second-order valence-electron chi connectivity index (χ2n) is 4.22. The van der Waals surface area contributed by atoms with Gasteiger partial charge in [-0.1, -0.05) is 25.3 Å². The van der Waals surface area contributed by atoms with Crippen LogP contribution in [0.3, 0.4) is 0 Å². The highest BCUT2D eigenvalue weighted by atomic mass is 19.1. The average Bonchev–Trinajstić information content (AvgIpc) is 2.18. The van der Waals surface area contributed by atoms with Crippen LogP contribution < -0.4 is 0 Å². The van der Waals surface area contributed by atoms with Gasteiger partial charge in [0.15, 0.2) is 0 Å². The summed E-state index contributed by atoms with van der Waals surface area (Å²) in [5.74, 6) is -1.24. The third-order valence-corrected chi connectivity index (χ3v) is 3.11. The van der Waals surface area contributed by atoms with Gasteiger partial charge in [0.25, 0.3) is 0 Å². The third-order valence-electron chi connectivity index (χ3n) is 3.11. The lowest BCUT2D eigenvalue weighted by Gasteiger charge is -2.32. The van der Waals surface area contributed by atoms with E-state index in [1.807, 2.05) is 0 Å². The summed E-state index contributed by atoms with van der Waals surface area (Å²) in [6, 6.07) is 3.39. The largest absolute Gasteiger partial charge is 0.385 e. The number of hydrogen-bond donors (Lipinski definition) is 1. The summed E-state index contributed by atoms with van der Waals surface area (Å²) in [4.78, 5) is 0. The number of hydrogen-bond acceptors (Lipinski definition) is 1. The Morgan fingerprint density at radius 1 is 1.07 bits per heavy atom. The Kier molecular flexibility index (Phi) is 2.74. The first-order chi connectivity index (χ1) is 7.12. The van der Waals surface area contributed by atoms with Gasteiger partial charge in [-0.15, -0.1) is 0 Å². The van der Waals surface area contributed by atoms with E-state index in [4.69, 9.17) is 0 Å². The highest BCUT2D eigenvalue weighted by Gasteiger charge is 2.33. The van der Waals surface area contributed by atoms with Crippen molar-refractivity contribution in [3.05, 3.63) is 35.4 Å².